The van der Waals surface area contributed by atoms with Crippen molar-refractivity contribution < 1.29 is 18.7 Å². The van der Waals surface area contributed by atoms with E-state index < -0.39 is 6.04 Å². The third-order valence-electron chi connectivity index (χ3n) is 5.53. The Morgan fingerprint density at radius 1 is 1.13 bits per heavy atom. The van der Waals surface area contributed by atoms with Crippen LogP contribution in [0.3, 0.4) is 0 Å². The maximum atomic E-state index is 13.3. The fraction of sp³-hybridized carbons (Fsp3) is 0.417. The lowest BCUT2D eigenvalue weighted by atomic mass is 10.1. The van der Waals surface area contributed by atoms with Crippen LogP contribution in [-0.2, 0) is 16.1 Å². The van der Waals surface area contributed by atoms with Crippen LogP contribution in [0.2, 0.25) is 0 Å². The standard InChI is InChI=1S/C24H28FIN2O3/c1-2-22(24(30)27-20-5-3-4-6-20)28(15-17-7-9-18(25)10-8-17)23(29)16-31-21-13-11-19(26)12-14-21/h7-14,20,22H,2-6,15-16H2,1H3,(H,27,30). The Bertz CT molecular complexity index is 867. The van der Waals surface area contributed by atoms with Crippen molar-refractivity contribution in [1.82, 2.24) is 10.2 Å². The van der Waals surface area contributed by atoms with Crippen molar-refractivity contribution in [2.75, 3.05) is 6.61 Å². The van der Waals surface area contributed by atoms with E-state index in [0.29, 0.717) is 12.2 Å². The van der Waals surface area contributed by atoms with Gasteiger partial charge in [0, 0.05) is 16.2 Å². The van der Waals surface area contributed by atoms with Crippen LogP contribution >= 0.6 is 22.6 Å². The first-order chi connectivity index (χ1) is 15.0. The fourth-order valence-corrected chi connectivity index (χ4v) is 4.19. The molecule has 0 aromatic heterocycles. The normalized spacial score (nSPS) is 14.8. The first kappa shape index (κ1) is 23.5. The predicted molar refractivity (Wildman–Crippen MR) is 126 cm³/mol. The summed E-state index contributed by atoms with van der Waals surface area (Å²) in [7, 11) is 0. The maximum absolute atomic E-state index is 13.3. The highest BCUT2D eigenvalue weighted by Crippen LogP contribution is 2.20. The van der Waals surface area contributed by atoms with Crippen molar-refractivity contribution >= 4 is 34.4 Å². The molecule has 1 saturated carbocycles. The summed E-state index contributed by atoms with van der Waals surface area (Å²) in [5.74, 6) is -0.163. The zero-order valence-electron chi connectivity index (χ0n) is 17.7. The van der Waals surface area contributed by atoms with Gasteiger partial charge in [-0.05, 0) is 83.8 Å². The smallest absolute Gasteiger partial charge is 0.261 e. The van der Waals surface area contributed by atoms with E-state index >= 15 is 0 Å². The van der Waals surface area contributed by atoms with Crippen LogP contribution in [0, 0.1) is 9.39 Å². The predicted octanol–water partition coefficient (Wildman–Crippen LogP) is 4.68. The lowest BCUT2D eigenvalue weighted by molar-refractivity contribution is -0.143. The molecule has 166 valence electrons. The Kier molecular flexibility index (Phi) is 8.69. The zero-order valence-corrected chi connectivity index (χ0v) is 19.8. The van der Waals surface area contributed by atoms with Crippen LogP contribution < -0.4 is 10.1 Å². The van der Waals surface area contributed by atoms with Gasteiger partial charge in [-0.2, -0.15) is 0 Å². The molecule has 1 aliphatic rings. The second-order valence-electron chi connectivity index (χ2n) is 7.80. The van der Waals surface area contributed by atoms with Crippen LogP contribution in [0.5, 0.6) is 5.75 Å². The molecule has 0 radical (unpaired) electrons. The summed E-state index contributed by atoms with van der Waals surface area (Å²) in [6, 6.07) is 13.0. The number of nitrogens with one attached hydrogen (secondary N) is 1. The first-order valence-electron chi connectivity index (χ1n) is 10.7. The number of hydrogen-bond acceptors (Lipinski definition) is 3. The highest BCUT2D eigenvalue weighted by Gasteiger charge is 2.30. The van der Waals surface area contributed by atoms with E-state index in [0.717, 1.165) is 34.8 Å². The highest BCUT2D eigenvalue weighted by molar-refractivity contribution is 14.1. The fourth-order valence-electron chi connectivity index (χ4n) is 3.83. The summed E-state index contributed by atoms with van der Waals surface area (Å²) in [6.07, 6.45) is 4.66. The molecule has 5 nitrogen and oxygen atoms in total. The summed E-state index contributed by atoms with van der Waals surface area (Å²) in [6.45, 7) is 1.94. The summed E-state index contributed by atoms with van der Waals surface area (Å²) >= 11 is 2.20. The minimum Gasteiger partial charge on any atom is -0.484 e. The Labute approximate surface area is 196 Å². The summed E-state index contributed by atoms with van der Waals surface area (Å²) in [5.41, 5.74) is 0.760. The van der Waals surface area contributed by atoms with E-state index in [4.69, 9.17) is 4.74 Å². The molecule has 1 atom stereocenters. The lowest BCUT2D eigenvalue weighted by Gasteiger charge is -2.31. The van der Waals surface area contributed by atoms with Crippen molar-refractivity contribution in [3.05, 3.63) is 63.5 Å². The molecule has 0 spiro atoms. The van der Waals surface area contributed by atoms with Gasteiger partial charge < -0.3 is 15.0 Å². The SMILES string of the molecule is CCC(C(=O)NC1CCCC1)N(Cc1ccc(F)cc1)C(=O)COc1ccc(I)cc1. The van der Waals surface area contributed by atoms with E-state index in [2.05, 4.69) is 27.9 Å². The van der Waals surface area contributed by atoms with Crippen molar-refractivity contribution in [1.29, 1.82) is 0 Å². The van der Waals surface area contributed by atoms with E-state index in [1.165, 1.54) is 12.1 Å². The van der Waals surface area contributed by atoms with E-state index in [1.54, 1.807) is 17.0 Å². The molecular weight excluding hydrogens is 510 g/mol. The third kappa shape index (κ3) is 6.92. The van der Waals surface area contributed by atoms with E-state index in [9.17, 15) is 14.0 Å². The summed E-state index contributed by atoms with van der Waals surface area (Å²) in [4.78, 5) is 27.7. The molecule has 0 heterocycles. The van der Waals surface area contributed by atoms with Gasteiger partial charge in [0.25, 0.3) is 5.91 Å². The molecule has 2 aromatic carbocycles. The number of ether oxygens (including phenoxy) is 1. The van der Waals surface area contributed by atoms with Crippen LogP contribution in [0.4, 0.5) is 4.39 Å². The number of hydrogen-bond donors (Lipinski definition) is 1. The number of amides is 2. The number of halogens is 2. The second-order valence-corrected chi connectivity index (χ2v) is 9.05. The van der Waals surface area contributed by atoms with Crippen LogP contribution in [-0.4, -0.2) is 35.4 Å². The molecule has 1 fully saturated rings. The van der Waals surface area contributed by atoms with Gasteiger partial charge in [-0.1, -0.05) is 31.9 Å². The van der Waals surface area contributed by atoms with Crippen molar-refractivity contribution in [3.8, 4) is 5.75 Å². The Morgan fingerprint density at radius 3 is 2.39 bits per heavy atom. The molecule has 7 heteroatoms. The minimum absolute atomic E-state index is 0.140. The molecule has 0 saturated heterocycles. The monoisotopic (exact) mass is 538 g/mol. The van der Waals surface area contributed by atoms with Gasteiger partial charge >= 0.3 is 0 Å². The quantitative estimate of drug-likeness (QED) is 0.472. The number of benzene rings is 2. The van der Waals surface area contributed by atoms with Crippen LogP contribution in [0.15, 0.2) is 48.5 Å². The zero-order chi connectivity index (χ0) is 22.2. The third-order valence-corrected chi connectivity index (χ3v) is 6.25. The van der Waals surface area contributed by atoms with Gasteiger partial charge in [0.05, 0.1) is 0 Å². The molecule has 1 N–H and O–H groups in total. The molecule has 1 unspecified atom stereocenters. The topological polar surface area (TPSA) is 58.6 Å². The molecule has 31 heavy (non-hydrogen) atoms. The van der Waals surface area contributed by atoms with Crippen LogP contribution in [0.1, 0.15) is 44.6 Å². The number of carbonyl (C=O) groups excluding carboxylic acids is 2. The minimum atomic E-state index is -0.613. The first-order valence-corrected chi connectivity index (χ1v) is 11.8. The molecule has 2 aromatic rings. The molecule has 0 bridgehead atoms. The average Bonchev–Trinajstić information content (AvgIpc) is 3.27. The summed E-state index contributed by atoms with van der Waals surface area (Å²) in [5, 5.41) is 3.11. The second kappa shape index (κ2) is 11.5. The Hall–Kier alpha value is -2.16. The molecule has 0 aliphatic heterocycles. The van der Waals surface area contributed by atoms with E-state index in [-0.39, 0.29) is 36.8 Å². The van der Waals surface area contributed by atoms with Gasteiger partial charge in [-0.25, -0.2) is 4.39 Å². The van der Waals surface area contributed by atoms with Crippen LogP contribution in [0.25, 0.3) is 0 Å². The van der Waals surface area contributed by atoms with Crippen molar-refractivity contribution in [3.63, 3.8) is 0 Å². The summed E-state index contributed by atoms with van der Waals surface area (Å²) < 4.78 is 20.1. The molecule has 3 rings (SSSR count). The molecule has 1 aliphatic carbocycles. The largest absolute Gasteiger partial charge is 0.484 e. The number of nitrogens with zero attached hydrogens (tertiary/aromatic N) is 1. The van der Waals surface area contributed by atoms with Crippen molar-refractivity contribution in [2.45, 2.75) is 57.7 Å². The highest BCUT2D eigenvalue weighted by atomic mass is 127. The van der Waals surface area contributed by atoms with Gasteiger partial charge in [0.2, 0.25) is 5.91 Å². The van der Waals surface area contributed by atoms with Crippen molar-refractivity contribution in [2.24, 2.45) is 0 Å². The lowest BCUT2D eigenvalue weighted by Crippen LogP contribution is -2.52. The van der Waals surface area contributed by atoms with Gasteiger partial charge in [0.1, 0.15) is 17.6 Å². The Morgan fingerprint density at radius 2 is 1.77 bits per heavy atom. The molecule has 2 amide bonds. The van der Waals surface area contributed by atoms with Gasteiger partial charge in [-0.15, -0.1) is 0 Å². The molecular formula is C24H28FIN2O3. The van der Waals surface area contributed by atoms with E-state index in [1.807, 2.05) is 31.2 Å². The number of carbonyl (C=O) groups is 2. The Balaban J connectivity index is 1.74. The van der Waals surface area contributed by atoms with Gasteiger partial charge in [0.15, 0.2) is 6.61 Å². The average molecular weight is 538 g/mol. The maximum Gasteiger partial charge on any atom is 0.261 e. The van der Waals surface area contributed by atoms with Gasteiger partial charge in [-0.3, -0.25) is 9.59 Å². The number of rotatable bonds is 9.